The van der Waals surface area contributed by atoms with Gasteiger partial charge in [-0.2, -0.15) is 0 Å². The van der Waals surface area contributed by atoms with Crippen molar-refractivity contribution in [2.45, 2.75) is 37.2 Å². The third-order valence-corrected chi connectivity index (χ3v) is 4.61. The van der Waals surface area contributed by atoms with E-state index in [1.807, 2.05) is 30.5 Å². The molecule has 0 aliphatic carbocycles. The average Bonchev–Trinajstić information content (AvgIpc) is 2.43. The van der Waals surface area contributed by atoms with Crippen molar-refractivity contribution in [1.82, 2.24) is 10.6 Å². The zero-order valence-electron chi connectivity index (χ0n) is 12.2. The lowest BCUT2D eigenvalue weighted by molar-refractivity contribution is 0.0897. The highest BCUT2D eigenvalue weighted by Gasteiger charge is 2.28. The Labute approximate surface area is 131 Å². The van der Waals surface area contributed by atoms with Crippen LogP contribution in [0.15, 0.2) is 29.2 Å². The summed E-state index contributed by atoms with van der Waals surface area (Å²) in [5.74, 6) is 0.547. The molecule has 0 spiro atoms. The minimum atomic E-state index is 0. The highest BCUT2D eigenvalue weighted by atomic mass is 35.5. The van der Waals surface area contributed by atoms with Gasteiger partial charge in [0.05, 0.1) is 0 Å². The third kappa shape index (κ3) is 4.14. The van der Waals surface area contributed by atoms with Crippen molar-refractivity contribution in [1.29, 1.82) is 0 Å². The SMILES string of the molecule is CSc1ccc(C(=O)NC2C(C)CCNC2C)cc1.Cl. The first-order valence-corrected chi connectivity index (χ1v) is 8.02. The number of carbonyl (C=O) groups is 1. The van der Waals surface area contributed by atoms with Gasteiger partial charge in [-0.1, -0.05) is 6.92 Å². The summed E-state index contributed by atoms with van der Waals surface area (Å²) >= 11 is 1.68. The molecule has 0 aromatic heterocycles. The second-order valence-electron chi connectivity index (χ2n) is 5.24. The Bertz CT molecular complexity index is 428. The quantitative estimate of drug-likeness (QED) is 0.843. The smallest absolute Gasteiger partial charge is 0.251 e. The van der Waals surface area contributed by atoms with Gasteiger partial charge in [-0.3, -0.25) is 4.79 Å². The van der Waals surface area contributed by atoms with E-state index in [0.29, 0.717) is 12.0 Å². The van der Waals surface area contributed by atoms with E-state index in [1.165, 1.54) is 4.90 Å². The van der Waals surface area contributed by atoms with Crippen LogP contribution >= 0.6 is 24.2 Å². The number of rotatable bonds is 3. The number of benzene rings is 1. The van der Waals surface area contributed by atoms with Gasteiger partial charge >= 0.3 is 0 Å². The molecule has 3 nitrogen and oxygen atoms in total. The van der Waals surface area contributed by atoms with Crippen molar-refractivity contribution < 1.29 is 4.79 Å². The molecule has 3 unspecified atom stereocenters. The van der Waals surface area contributed by atoms with Crippen LogP contribution in [0.4, 0.5) is 0 Å². The van der Waals surface area contributed by atoms with Crippen molar-refractivity contribution in [2.75, 3.05) is 12.8 Å². The summed E-state index contributed by atoms with van der Waals surface area (Å²) < 4.78 is 0. The first kappa shape index (κ1) is 17.3. The van der Waals surface area contributed by atoms with E-state index < -0.39 is 0 Å². The largest absolute Gasteiger partial charge is 0.347 e. The summed E-state index contributed by atoms with van der Waals surface area (Å²) in [4.78, 5) is 13.4. The molecule has 1 aliphatic heterocycles. The molecule has 5 heteroatoms. The highest BCUT2D eigenvalue weighted by molar-refractivity contribution is 7.98. The number of amides is 1. The third-order valence-electron chi connectivity index (χ3n) is 3.87. The van der Waals surface area contributed by atoms with Crippen LogP contribution in [0.1, 0.15) is 30.6 Å². The molecule has 1 heterocycles. The molecule has 1 amide bonds. The van der Waals surface area contributed by atoms with Crippen molar-refractivity contribution in [3.05, 3.63) is 29.8 Å². The van der Waals surface area contributed by atoms with Crippen molar-refractivity contribution >= 4 is 30.1 Å². The molecule has 1 aromatic rings. The molecule has 0 saturated carbocycles. The second kappa shape index (κ2) is 7.91. The lowest BCUT2D eigenvalue weighted by atomic mass is 9.89. The summed E-state index contributed by atoms with van der Waals surface area (Å²) in [6, 6.07) is 8.32. The molecule has 2 N–H and O–H groups in total. The van der Waals surface area contributed by atoms with E-state index in [9.17, 15) is 4.79 Å². The van der Waals surface area contributed by atoms with Gasteiger partial charge in [0.2, 0.25) is 0 Å². The highest BCUT2D eigenvalue weighted by Crippen LogP contribution is 2.18. The number of hydrogen-bond acceptors (Lipinski definition) is 3. The van der Waals surface area contributed by atoms with Crippen molar-refractivity contribution in [3.63, 3.8) is 0 Å². The minimum absolute atomic E-state index is 0. The zero-order chi connectivity index (χ0) is 13.8. The monoisotopic (exact) mass is 314 g/mol. The first-order valence-electron chi connectivity index (χ1n) is 6.80. The van der Waals surface area contributed by atoms with E-state index in [2.05, 4.69) is 24.5 Å². The Kier molecular flexibility index (Phi) is 6.86. The predicted molar refractivity (Wildman–Crippen MR) is 88.0 cm³/mol. The van der Waals surface area contributed by atoms with Crippen LogP contribution < -0.4 is 10.6 Å². The second-order valence-corrected chi connectivity index (χ2v) is 6.12. The Morgan fingerprint density at radius 2 is 1.95 bits per heavy atom. The summed E-state index contributed by atoms with van der Waals surface area (Å²) in [5.41, 5.74) is 0.739. The Morgan fingerprint density at radius 1 is 1.30 bits per heavy atom. The first-order chi connectivity index (χ1) is 9.11. The van der Waals surface area contributed by atoms with Crippen LogP contribution in [-0.4, -0.2) is 30.8 Å². The number of nitrogens with one attached hydrogen (secondary N) is 2. The molecule has 3 atom stereocenters. The van der Waals surface area contributed by atoms with Gasteiger partial charge in [0.25, 0.3) is 5.91 Å². The normalized spacial score (nSPS) is 25.6. The van der Waals surface area contributed by atoms with E-state index in [0.717, 1.165) is 18.5 Å². The molecule has 1 fully saturated rings. The van der Waals surface area contributed by atoms with Gasteiger partial charge < -0.3 is 10.6 Å². The van der Waals surface area contributed by atoms with Crippen molar-refractivity contribution in [3.8, 4) is 0 Å². The van der Waals surface area contributed by atoms with Crippen LogP contribution in [-0.2, 0) is 0 Å². The predicted octanol–water partition coefficient (Wildman–Crippen LogP) is 2.95. The van der Waals surface area contributed by atoms with Gasteiger partial charge in [-0.25, -0.2) is 0 Å². The van der Waals surface area contributed by atoms with Gasteiger partial charge in [-0.15, -0.1) is 24.2 Å². The average molecular weight is 315 g/mol. The summed E-state index contributed by atoms with van der Waals surface area (Å²) in [6.07, 6.45) is 3.15. The Hall–Kier alpha value is -0.710. The fraction of sp³-hybridized carbons (Fsp3) is 0.533. The van der Waals surface area contributed by atoms with E-state index >= 15 is 0 Å². The van der Waals surface area contributed by atoms with Crippen molar-refractivity contribution in [2.24, 2.45) is 5.92 Å². The van der Waals surface area contributed by atoms with Gasteiger partial charge in [0.1, 0.15) is 0 Å². The van der Waals surface area contributed by atoms with Crippen LogP contribution in [0.25, 0.3) is 0 Å². The van der Waals surface area contributed by atoms with Crippen LogP contribution in [0.3, 0.4) is 0 Å². The minimum Gasteiger partial charge on any atom is -0.347 e. The number of thioether (sulfide) groups is 1. The van der Waals surface area contributed by atoms with E-state index in [4.69, 9.17) is 0 Å². The summed E-state index contributed by atoms with van der Waals surface area (Å²) in [5, 5.41) is 6.58. The molecule has 112 valence electrons. The molecule has 1 aliphatic rings. The molecule has 20 heavy (non-hydrogen) atoms. The zero-order valence-corrected chi connectivity index (χ0v) is 13.8. The topological polar surface area (TPSA) is 41.1 Å². The molecule has 1 aromatic carbocycles. The Morgan fingerprint density at radius 3 is 2.50 bits per heavy atom. The van der Waals surface area contributed by atoms with Gasteiger partial charge in [-0.05, 0) is 56.3 Å². The van der Waals surface area contributed by atoms with Gasteiger partial charge in [0.15, 0.2) is 0 Å². The van der Waals surface area contributed by atoms with E-state index in [1.54, 1.807) is 11.8 Å². The molecule has 2 rings (SSSR count). The summed E-state index contributed by atoms with van der Waals surface area (Å²) in [6.45, 7) is 5.38. The molecule has 1 saturated heterocycles. The maximum Gasteiger partial charge on any atom is 0.251 e. The standard InChI is InChI=1S/C15H22N2OS.ClH/c1-10-8-9-16-11(2)14(10)17-15(18)12-4-6-13(19-3)7-5-12;/h4-7,10-11,14,16H,8-9H2,1-3H3,(H,17,18);1H. The maximum absolute atomic E-state index is 12.3. The lowest BCUT2D eigenvalue weighted by Gasteiger charge is -2.36. The fourth-order valence-corrected chi connectivity index (χ4v) is 2.99. The number of piperidine rings is 1. The molecular formula is C15H23ClN2OS. The van der Waals surface area contributed by atoms with Crippen LogP contribution in [0, 0.1) is 5.92 Å². The number of carbonyl (C=O) groups excluding carboxylic acids is 1. The fourth-order valence-electron chi connectivity index (χ4n) is 2.58. The van der Waals surface area contributed by atoms with Crippen LogP contribution in [0.2, 0.25) is 0 Å². The number of hydrogen-bond donors (Lipinski definition) is 2. The van der Waals surface area contributed by atoms with Gasteiger partial charge in [0, 0.05) is 22.5 Å². The Balaban J connectivity index is 0.00000200. The molecule has 0 bridgehead atoms. The summed E-state index contributed by atoms with van der Waals surface area (Å²) in [7, 11) is 0. The van der Waals surface area contributed by atoms with Crippen LogP contribution in [0.5, 0.6) is 0 Å². The lowest BCUT2D eigenvalue weighted by Crippen LogP contribution is -2.55. The number of halogens is 1. The maximum atomic E-state index is 12.3. The van der Waals surface area contributed by atoms with E-state index in [-0.39, 0.29) is 24.4 Å². The molecular weight excluding hydrogens is 292 g/mol. The molecule has 0 radical (unpaired) electrons.